The minimum absolute atomic E-state index is 0.720. The lowest BCUT2D eigenvalue weighted by atomic mass is 10.1. The first-order chi connectivity index (χ1) is 8.76. The number of hydrogen-bond donors (Lipinski definition) is 1. The second kappa shape index (κ2) is 6.05. The summed E-state index contributed by atoms with van der Waals surface area (Å²) in [6, 6.07) is 1.81. The van der Waals surface area contributed by atoms with Crippen molar-refractivity contribution in [2.45, 2.75) is 26.3 Å². The molecule has 1 saturated carbocycles. The van der Waals surface area contributed by atoms with E-state index in [0.717, 1.165) is 42.1 Å². The summed E-state index contributed by atoms with van der Waals surface area (Å²) in [4.78, 5) is 4.35. The first kappa shape index (κ1) is 13.1. The van der Waals surface area contributed by atoms with E-state index in [2.05, 4.69) is 17.2 Å². The molecular weight excluding hydrogens is 228 g/mol. The molecule has 2 rings (SSSR count). The van der Waals surface area contributed by atoms with Gasteiger partial charge in [-0.25, -0.2) is 0 Å². The predicted molar refractivity (Wildman–Crippen MR) is 70.9 cm³/mol. The van der Waals surface area contributed by atoms with Crippen molar-refractivity contribution < 1.29 is 9.47 Å². The lowest BCUT2D eigenvalue weighted by Gasteiger charge is -2.14. The van der Waals surface area contributed by atoms with Gasteiger partial charge in [-0.3, -0.25) is 4.98 Å². The fourth-order valence-electron chi connectivity index (χ4n) is 2.23. The van der Waals surface area contributed by atoms with Crippen molar-refractivity contribution in [1.29, 1.82) is 0 Å². The number of pyridine rings is 1. The van der Waals surface area contributed by atoms with Gasteiger partial charge in [-0.15, -0.1) is 0 Å². The maximum absolute atomic E-state index is 5.36. The Morgan fingerprint density at radius 2 is 2.17 bits per heavy atom. The number of nitrogens with zero attached hydrogens (tertiary/aromatic N) is 1. The molecule has 1 unspecified atom stereocenters. The molecule has 0 saturated heterocycles. The highest BCUT2D eigenvalue weighted by molar-refractivity contribution is 5.42. The van der Waals surface area contributed by atoms with Crippen LogP contribution in [0.3, 0.4) is 0 Å². The van der Waals surface area contributed by atoms with E-state index in [4.69, 9.17) is 9.47 Å². The summed E-state index contributed by atoms with van der Waals surface area (Å²) in [6.07, 6.45) is 4.54. The van der Waals surface area contributed by atoms with Crippen LogP contribution in [-0.4, -0.2) is 25.7 Å². The first-order valence-electron chi connectivity index (χ1n) is 6.52. The highest BCUT2D eigenvalue weighted by atomic mass is 16.5. The number of ether oxygens (including phenoxy) is 2. The van der Waals surface area contributed by atoms with Gasteiger partial charge in [-0.2, -0.15) is 0 Å². The van der Waals surface area contributed by atoms with Gasteiger partial charge in [0.15, 0.2) is 11.5 Å². The molecule has 0 radical (unpaired) electrons. The predicted octanol–water partition coefficient (Wildman–Crippen LogP) is 2.23. The van der Waals surface area contributed by atoms with Crippen LogP contribution in [0.25, 0.3) is 0 Å². The van der Waals surface area contributed by atoms with Crippen LogP contribution in [0.4, 0.5) is 0 Å². The van der Waals surface area contributed by atoms with E-state index in [1.54, 1.807) is 20.4 Å². The smallest absolute Gasteiger partial charge is 0.183 e. The molecule has 1 aliphatic rings. The Morgan fingerprint density at radius 1 is 1.39 bits per heavy atom. The van der Waals surface area contributed by atoms with Crippen LogP contribution in [0.1, 0.15) is 25.5 Å². The van der Waals surface area contributed by atoms with E-state index in [1.165, 1.54) is 12.8 Å². The fourth-order valence-corrected chi connectivity index (χ4v) is 2.23. The Morgan fingerprint density at radius 3 is 2.78 bits per heavy atom. The van der Waals surface area contributed by atoms with Gasteiger partial charge in [0.25, 0.3) is 0 Å². The lowest BCUT2D eigenvalue weighted by molar-refractivity contribution is 0.347. The molecule has 4 nitrogen and oxygen atoms in total. The second-order valence-corrected chi connectivity index (χ2v) is 4.94. The monoisotopic (exact) mass is 250 g/mol. The van der Waals surface area contributed by atoms with E-state index >= 15 is 0 Å². The van der Waals surface area contributed by atoms with Gasteiger partial charge < -0.3 is 14.8 Å². The van der Waals surface area contributed by atoms with Gasteiger partial charge in [0, 0.05) is 18.8 Å². The summed E-state index contributed by atoms with van der Waals surface area (Å²) in [5.41, 5.74) is 0.903. The van der Waals surface area contributed by atoms with Gasteiger partial charge in [0.05, 0.1) is 19.9 Å². The van der Waals surface area contributed by atoms with Crippen LogP contribution in [0.5, 0.6) is 11.5 Å². The average Bonchev–Trinajstić information content (AvgIpc) is 3.22. The molecule has 1 aliphatic carbocycles. The summed E-state index contributed by atoms with van der Waals surface area (Å²) in [5.74, 6) is 3.14. The van der Waals surface area contributed by atoms with Crippen molar-refractivity contribution in [3.8, 4) is 11.5 Å². The van der Waals surface area contributed by atoms with Gasteiger partial charge in [-0.1, -0.05) is 6.92 Å². The molecule has 0 aromatic carbocycles. The van der Waals surface area contributed by atoms with Gasteiger partial charge >= 0.3 is 0 Å². The normalized spacial score (nSPS) is 16.4. The van der Waals surface area contributed by atoms with Crippen LogP contribution < -0.4 is 14.8 Å². The summed E-state index contributed by atoms with van der Waals surface area (Å²) in [6.45, 7) is 4.06. The zero-order valence-electron chi connectivity index (χ0n) is 11.4. The number of rotatable bonds is 7. The zero-order valence-corrected chi connectivity index (χ0v) is 11.4. The fraction of sp³-hybridized carbons (Fsp3) is 0.643. The molecule has 1 N–H and O–H groups in total. The number of methoxy groups -OCH3 is 2. The summed E-state index contributed by atoms with van der Waals surface area (Å²) in [7, 11) is 3.29. The molecule has 4 heteroatoms. The first-order valence-corrected chi connectivity index (χ1v) is 6.52. The SMILES string of the molecule is COc1ccnc(CNCC(C)C2CC2)c1OC. The van der Waals surface area contributed by atoms with Crippen molar-refractivity contribution >= 4 is 0 Å². The quantitative estimate of drug-likeness (QED) is 0.806. The number of aromatic nitrogens is 1. The Labute approximate surface area is 109 Å². The second-order valence-electron chi connectivity index (χ2n) is 4.94. The van der Waals surface area contributed by atoms with Crippen LogP contribution in [-0.2, 0) is 6.54 Å². The molecule has 0 aliphatic heterocycles. The van der Waals surface area contributed by atoms with Crippen molar-refractivity contribution in [1.82, 2.24) is 10.3 Å². The average molecular weight is 250 g/mol. The van der Waals surface area contributed by atoms with Crippen molar-refractivity contribution in [3.63, 3.8) is 0 Å². The Hall–Kier alpha value is -1.29. The molecule has 1 aromatic rings. The Bertz CT molecular complexity index is 391. The molecule has 1 atom stereocenters. The van der Waals surface area contributed by atoms with Crippen LogP contribution in [0, 0.1) is 11.8 Å². The van der Waals surface area contributed by atoms with Crippen LogP contribution in [0.2, 0.25) is 0 Å². The molecule has 0 bridgehead atoms. The third-order valence-electron chi connectivity index (χ3n) is 3.55. The molecule has 18 heavy (non-hydrogen) atoms. The Balaban J connectivity index is 1.91. The molecule has 1 heterocycles. The van der Waals surface area contributed by atoms with Crippen LogP contribution in [0.15, 0.2) is 12.3 Å². The number of hydrogen-bond acceptors (Lipinski definition) is 4. The largest absolute Gasteiger partial charge is 0.493 e. The highest BCUT2D eigenvalue weighted by Gasteiger charge is 2.27. The maximum Gasteiger partial charge on any atom is 0.183 e. The molecule has 0 spiro atoms. The van der Waals surface area contributed by atoms with Crippen LogP contribution >= 0.6 is 0 Å². The highest BCUT2D eigenvalue weighted by Crippen LogP contribution is 2.36. The molecule has 1 fully saturated rings. The number of nitrogens with one attached hydrogen (secondary N) is 1. The molecular formula is C14H22N2O2. The van der Waals surface area contributed by atoms with E-state index < -0.39 is 0 Å². The van der Waals surface area contributed by atoms with Crippen molar-refractivity contribution in [2.24, 2.45) is 11.8 Å². The lowest BCUT2D eigenvalue weighted by Crippen LogP contribution is -2.22. The van der Waals surface area contributed by atoms with Gasteiger partial charge in [0.2, 0.25) is 0 Å². The summed E-state index contributed by atoms with van der Waals surface area (Å²) in [5, 5.41) is 3.45. The maximum atomic E-state index is 5.36. The minimum Gasteiger partial charge on any atom is -0.493 e. The van der Waals surface area contributed by atoms with Crippen molar-refractivity contribution in [3.05, 3.63) is 18.0 Å². The van der Waals surface area contributed by atoms with Crippen molar-refractivity contribution in [2.75, 3.05) is 20.8 Å². The van der Waals surface area contributed by atoms with E-state index in [9.17, 15) is 0 Å². The molecule has 100 valence electrons. The zero-order chi connectivity index (χ0) is 13.0. The van der Waals surface area contributed by atoms with Gasteiger partial charge in [-0.05, 0) is 31.2 Å². The van der Waals surface area contributed by atoms with Gasteiger partial charge in [0.1, 0.15) is 0 Å². The van der Waals surface area contributed by atoms with E-state index in [1.807, 2.05) is 6.07 Å². The summed E-state index contributed by atoms with van der Waals surface area (Å²) >= 11 is 0. The van der Waals surface area contributed by atoms with E-state index in [0.29, 0.717) is 0 Å². The third-order valence-corrected chi connectivity index (χ3v) is 3.55. The molecule has 1 aromatic heterocycles. The summed E-state index contributed by atoms with van der Waals surface area (Å²) < 4.78 is 10.6. The Kier molecular flexibility index (Phi) is 4.42. The topological polar surface area (TPSA) is 43.4 Å². The molecule has 0 amide bonds. The standard InChI is InChI=1S/C14H22N2O2/c1-10(11-4-5-11)8-15-9-12-14(18-3)13(17-2)6-7-16-12/h6-7,10-11,15H,4-5,8-9H2,1-3H3. The minimum atomic E-state index is 0.720. The third kappa shape index (κ3) is 3.13. The van der Waals surface area contributed by atoms with E-state index in [-0.39, 0.29) is 0 Å².